The molecule has 0 saturated carbocycles. The summed E-state index contributed by atoms with van der Waals surface area (Å²) < 4.78 is 48.9. The van der Waals surface area contributed by atoms with E-state index in [9.17, 15) is 18.0 Å². The summed E-state index contributed by atoms with van der Waals surface area (Å²) in [6.07, 6.45) is -4.56. The highest BCUT2D eigenvalue weighted by molar-refractivity contribution is 6.62. The van der Waals surface area contributed by atoms with E-state index in [2.05, 4.69) is 5.32 Å². The molecule has 9 heteroatoms. The first-order chi connectivity index (χ1) is 9.89. The number of alkyl halides is 3. The molecule has 2 N–H and O–H groups in total. The lowest BCUT2D eigenvalue weighted by Crippen LogP contribution is -2.45. The average molecular weight is 303 g/mol. The minimum Gasteiger partial charge on any atom is -0.478 e. The number of halogens is 3. The second-order valence-corrected chi connectivity index (χ2v) is 4.43. The van der Waals surface area contributed by atoms with E-state index in [1.165, 1.54) is 0 Å². The minimum absolute atomic E-state index is 0.126. The highest BCUT2D eigenvalue weighted by atomic mass is 19.4. The van der Waals surface area contributed by atoms with Crippen molar-refractivity contribution in [3.63, 3.8) is 0 Å². The molecule has 1 saturated heterocycles. The van der Waals surface area contributed by atoms with Gasteiger partial charge >= 0.3 is 19.3 Å². The number of hydrogen-bond donors (Lipinski definition) is 2. The highest BCUT2D eigenvalue weighted by Crippen LogP contribution is 2.28. The topological polar surface area (TPSA) is 67.8 Å². The highest BCUT2D eigenvalue weighted by Gasteiger charge is 2.35. The molecule has 0 amide bonds. The number of rotatable bonds is 2. The quantitative estimate of drug-likeness (QED) is 0.789. The summed E-state index contributed by atoms with van der Waals surface area (Å²) in [5.74, 6) is -1.33. The van der Waals surface area contributed by atoms with Crippen molar-refractivity contribution in [3.05, 3.63) is 29.3 Å². The van der Waals surface area contributed by atoms with Crippen LogP contribution in [-0.2, 0) is 15.5 Å². The molecule has 5 nitrogen and oxygen atoms in total. The molecule has 1 aliphatic heterocycles. The molecule has 1 heterocycles. The molecule has 2 rings (SSSR count). The zero-order valence-electron chi connectivity index (χ0n) is 10.9. The van der Waals surface area contributed by atoms with Crippen molar-refractivity contribution in [2.75, 3.05) is 26.3 Å². The number of benzene rings is 1. The van der Waals surface area contributed by atoms with Crippen LogP contribution >= 0.6 is 0 Å². The molecule has 0 spiro atoms. The summed E-state index contributed by atoms with van der Waals surface area (Å²) >= 11 is 0. The van der Waals surface area contributed by atoms with E-state index in [0.29, 0.717) is 13.1 Å². The van der Waals surface area contributed by atoms with Crippen molar-refractivity contribution in [1.82, 2.24) is 5.32 Å². The van der Waals surface area contributed by atoms with Crippen LogP contribution in [0.1, 0.15) is 15.9 Å². The van der Waals surface area contributed by atoms with Crippen LogP contribution in [0.5, 0.6) is 0 Å². The molecule has 0 unspecified atom stereocenters. The molecule has 114 valence electrons. The molecule has 0 radical (unpaired) electrons. The molecule has 0 aliphatic carbocycles. The molecular formula is C12H13BF3NO4. The monoisotopic (exact) mass is 303 g/mol. The number of carboxylic acids is 1. The van der Waals surface area contributed by atoms with E-state index in [1.54, 1.807) is 0 Å². The summed E-state index contributed by atoms with van der Waals surface area (Å²) in [5, 5.41) is 12.1. The number of carbonyl (C=O) groups is 1. The van der Waals surface area contributed by atoms with Gasteiger partial charge in [-0.15, -0.1) is 0 Å². The lowest BCUT2D eigenvalue weighted by atomic mass is 9.74. The van der Waals surface area contributed by atoms with Crippen LogP contribution < -0.4 is 10.8 Å². The van der Waals surface area contributed by atoms with E-state index < -0.39 is 24.8 Å². The Balaban J connectivity index is 2.39. The predicted octanol–water partition coefficient (Wildman–Crippen LogP) is 0.735. The standard InChI is InChI=1S/C12H13BF3NO4/c14-12(15,16)8-1-2-9(11(18)19)10(7-8)13-20-5-3-17-4-6-21-13/h1-2,7,17H,3-6H2,(H,18,19). The third kappa shape index (κ3) is 3.96. The van der Waals surface area contributed by atoms with Crippen LogP contribution in [0.3, 0.4) is 0 Å². The maximum atomic E-state index is 12.8. The fourth-order valence-corrected chi connectivity index (χ4v) is 1.96. The van der Waals surface area contributed by atoms with Gasteiger partial charge in [-0.05, 0) is 23.7 Å². The van der Waals surface area contributed by atoms with Gasteiger partial charge in [-0.25, -0.2) is 4.79 Å². The van der Waals surface area contributed by atoms with Gasteiger partial charge < -0.3 is 19.7 Å². The lowest BCUT2D eigenvalue weighted by Gasteiger charge is -2.20. The summed E-state index contributed by atoms with van der Waals surface area (Å²) in [7, 11) is -1.12. The van der Waals surface area contributed by atoms with Crippen LogP contribution in [0, 0.1) is 0 Å². The summed E-state index contributed by atoms with van der Waals surface area (Å²) in [6.45, 7) is 1.45. The van der Waals surface area contributed by atoms with Crippen LogP contribution in [0.4, 0.5) is 13.2 Å². The molecule has 1 fully saturated rings. The van der Waals surface area contributed by atoms with E-state index >= 15 is 0 Å². The second kappa shape index (κ2) is 6.46. The average Bonchev–Trinajstić information content (AvgIpc) is 2.36. The molecule has 1 aromatic carbocycles. The van der Waals surface area contributed by atoms with Gasteiger partial charge in [-0.2, -0.15) is 13.2 Å². The predicted molar refractivity (Wildman–Crippen MR) is 68.6 cm³/mol. The Hall–Kier alpha value is -1.58. The number of aromatic carboxylic acids is 1. The maximum absolute atomic E-state index is 12.8. The smallest absolute Gasteiger partial charge is 0.478 e. The number of hydrogen-bond acceptors (Lipinski definition) is 4. The van der Waals surface area contributed by atoms with Gasteiger partial charge in [-0.3, -0.25) is 0 Å². The maximum Gasteiger partial charge on any atom is 0.494 e. The van der Waals surface area contributed by atoms with Gasteiger partial charge in [0.15, 0.2) is 0 Å². The van der Waals surface area contributed by atoms with E-state index in [0.717, 1.165) is 18.2 Å². The Kier molecular flexibility index (Phi) is 4.86. The van der Waals surface area contributed by atoms with E-state index in [1.807, 2.05) is 0 Å². The SMILES string of the molecule is O=C(O)c1ccc(C(F)(F)F)cc1B1OCCNCCO1. The second-order valence-electron chi connectivity index (χ2n) is 4.43. The zero-order chi connectivity index (χ0) is 15.5. The zero-order valence-corrected chi connectivity index (χ0v) is 10.9. The normalized spacial score (nSPS) is 17.2. The molecule has 21 heavy (non-hydrogen) atoms. The van der Waals surface area contributed by atoms with Gasteiger partial charge in [-0.1, -0.05) is 0 Å². The molecule has 1 aliphatic rings. The molecular weight excluding hydrogens is 290 g/mol. The fourth-order valence-electron chi connectivity index (χ4n) is 1.96. The summed E-state index contributed by atoms with van der Waals surface area (Å²) in [6, 6.07) is 2.42. The van der Waals surface area contributed by atoms with Gasteiger partial charge in [0.1, 0.15) is 0 Å². The van der Waals surface area contributed by atoms with Crippen molar-refractivity contribution in [3.8, 4) is 0 Å². The summed E-state index contributed by atoms with van der Waals surface area (Å²) in [5.41, 5.74) is -1.32. The number of nitrogens with one attached hydrogen (secondary N) is 1. The van der Waals surface area contributed by atoms with Crippen molar-refractivity contribution in [2.24, 2.45) is 0 Å². The number of carboxylic acid groups (broad SMARTS) is 1. The molecule has 0 atom stereocenters. The minimum atomic E-state index is -4.56. The van der Waals surface area contributed by atoms with Crippen molar-refractivity contribution >= 4 is 18.6 Å². The first-order valence-electron chi connectivity index (χ1n) is 6.28. The van der Waals surface area contributed by atoms with E-state index in [4.69, 9.17) is 14.4 Å². The van der Waals surface area contributed by atoms with Crippen molar-refractivity contribution in [1.29, 1.82) is 0 Å². The Morgan fingerprint density at radius 2 is 1.86 bits per heavy atom. The lowest BCUT2D eigenvalue weighted by molar-refractivity contribution is -0.137. The van der Waals surface area contributed by atoms with Gasteiger partial charge in [0.05, 0.1) is 11.1 Å². The van der Waals surface area contributed by atoms with Gasteiger partial charge in [0.2, 0.25) is 0 Å². The van der Waals surface area contributed by atoms with E-state index in [-0.39, 0.29) is 24.2 Å². The van der Waals surface area contributed by atoms with Crippen molar-refractivity contribution < 1.29 is 32.4 Å². The third-order valence-corrected chi connectivity index (χ3v) is 2.96. The Morgan fingerprint density at radius 1 is 1.24 bits per heavy atom. The van der Waals surface area contributed by atoms with Crippen LogP contribution in [0.2, 0.25) is 0 Å². The van der Waals surface area contributed by atoms with Crippen LogP contribution in [0.15, 0.2) is 18.2 Å². The molecule has 0 bridgehead atoms. The van der Waals surface area contributed by atoms with Crippen molar-refractivity contribution in [2.45, 2.75) is 6.18 Å². The first kappa shape index (κ1) is 15.8. The Labute approximate surface area is 119 Å². The van der Waals surface area contributed by atoms with Gasteiger partial charge in [0, 0.05) is 26.3 Å². The Bertz CT molecular complexity index is 516. The molecule has 1 aromatic rings. The molecule has 0 aromatic heterocycles. The first-order valence-corrected chi connectivity index (χ1v) is 6.28. The van der Waals surface area contributed by atoms with Gasteiger partial charge in [0.25, 0.3) is 0 Å². The van der Waals surface area contributed by atoms with Crippen LogP contribution in [0.25, 0.3) is 0 Å². The Morgan fingerprint density at radius 3 is 2.38 bits per heavy atom. The largest absolute Gasteiger partial charge is 0.494 e. The third-order valence-electron chi connectivity index (χ3n) is 2.96. The summed E-state index contributed by atoms with van der Waals surface area (Å²) in [4.78, 5) is 11.2. The fraction of sp³-hybridized carbons (Fsp3) is 0.417. The van der Waals surface area contributed by atoms with Crippen LogP contribution in [-0.4, -0.2) is 44.5 Å².